The van der Waals surface area contributed by atoms with Gasteiger partial charge in [0.15, 0.2) is 0 Å². The van der Waals surface area contributed by atoms with Crippen LogP contribution < -0.4 is 0 Å². The third-order valence-corrected chi connectivity index (χ3v) is 5.06. The molecule has 0 N–H and O–H groups in total. The third kappa shape index (κ3) is 3.61. The van der Waals surface area contributed by atoms with Crippen molar-refractivity contribution in [3.05, 3.63) is 41.0 Å². The van der Waals surface area contributed by atoms with E-state index >= 15 is 0 Å². The molecule has 2 aromatic rings. The molecule has 2 rings (SSSR count). The van der Waals surface area contributed by atoms with Gasteiger partial charge in [-0.3, -0.25) is 0 Å². The number of benzene rings is 1. The maximum absolute atomic E-state index is 11.8. The van der Waals surface area contributed by atoms with Crippen molar-refractivity contribution in [3.63, 3.8) is 0 Å². The molecule has 0 saturated carbocycles. The highest BCUT2D eigenvalue weighted by Gasteiger charge is 2.18. The number of hydrogen-bond acceptors (Lipinski definition) is 3. The first-order valence-corrected chi connectivity index (χ1v) is 8.33. The molecule has 1 aromatic carbocycles. The summed E-state index contributed by atoms with van der Waals surface area (Å²) in [7, 11) is -1.21. The van der Waals surface area contributed by atoms with Crippen LogP contribution in [0.5, 0.6) is 0 Å². The van der Waals surface area contributed by atoms with E-state index in [0.29, 0.717) is 0 Å². The van der Waals surface area contributed by atoms with Crippen molar-refractivity contribution in [1.82, 2.24) is 4.98 Å². The Kier molecular flexibility index (Phi) is 4.50. The largest absolute Gasteiger partial charge is 0.249 e. The lowest BCUT2D eigenvalue weighted by Crippen LogP contribution is -2.19. The van der Waals surface area contributed by atoms with E-state index in [4.69, 9.17) is 0 Å². The van der Waals surface area contributed by atoms with Crippen LogP contribution in [0.4, 0.5) is 0 Å². The van der Waals surface area contributed by atoms with Crippen LogP contribution in [0, 0.1) is 6.92 Å². The maximum Gasteiger partial charge on any atom is 0.144 e. The molecule has 0 aliphatic heterocycles. The van der Waals surface area contributed by atoms with Crippen molar-refractivity contribution >= 4 is 28.5 Å². The maximum atomic E-state index is 11.8. The van der Waals surface area contributed by atoms with Crippen LogP contribution in [-0.4, -0.2) is 20.2 Å². The van der Waals surface area contributed by atoms with Crippen molar-refractivity contribution in [2.45, 2.75) is 32.4 Å². The normalized spacial score (nSPS) is 13.8. The van der Waals surface area contributed by atoms with Gasteiger partial charge in [0.25, 0.3) is 0 Å². The molecule has 1 aromatic heterocycles. The van der Waals surface area contributed by atoms with Gasteiger partial charge in [0, 0.05) is 6.21 Å². The highest BCUT2D eigenvalue weighted by Crippen LogP contribution is 2.26. The molecule has 0 fully saturated rings. The summed E-state index contributed by atoms with van der Waals surface area (Å²) in [6.07, 6.45) is 1.67. The zero-order valence-electron chi connectivity index (χ0n) is 12.1. The van der Waals surface area contributed by atoms with E-state index < -0.39 is 11.0 Å². The van der Waals surface area contributed by atoms with E-state index in [1.54, 1.807) is 17.6 Å². The lowest BCUT2D eigenvalue weighted by Gasteiger charge is -2.12. The molecule has 106 valence electrons. The Morgan fingerprint density at radius 1 is 1.25 bits per heavy atom. The molecule has 0 bridgehead atoms. The van der Waals surface area contributed by atoms with Crippen LogP contribution in [0.1, 0.15) is 32.0 Å². The van der Waals surface area contributed by atoms with Gasteiger partial charge in [0.1, 0.15) is 11.0 Å². The predicted molar refractivity (Wildman–Crippen MR) is 87.8 cm³/mol. The molecule has 0 aliphatic rings. The van der Waals surface area contributed by atoms with Crippen LogP contribution in [-0.2, 0) is 11.0 Å². The minimum absolute atomic E-state index is 0.323. The van der Waals surface area contributed by atoms with Crippen LogP contribution in [0.2, 0.25) is 0 Å². The molecule has 0 amide bonds. The summed E-state index contributed by atoms with van der Waals surface area (Å²) in [4.78, 5) is 5.44. The summed E-state index contributed by atoms with van der Waals surface area (Å²) >= 11 is 1.64. The molecule has 1 heterocycles. The van der Waals surface area contributed by atoms with Crippen molar-refractivity contribution in [3.8, 4) is 10.4 Å². The van der Waals surface area contributed by atoms with Crippen molar-refractivity contribution in [1.29, 1.82) is 0 Å². The first-order valence-electron chi connectivity index (χ1n) is 6.34. The van der Waals surface area contributed by atoms with Crippen molar-refractivity contribution < 1.29 is 4.21 Å². The molecule has 5 heteroatoms. The number of thiazole rings is 1. The molecule has 20 heavy (non-hydrogen) atoms. The van der Waals surface area contributed by atoms with E-state index in [9.17, 15) is 4.21 Å². The Bertz CT molecular complexity index is 637. The van der Waals surface area contributed by atoms with E-state index in [2.05, 4.69) is 9.38 Å². The van der Waals surface area contributed by atoms with Crippen molar-refractivity contribution in [2.24, 2.45) is 4.40 Å². The zero-order chi connectivity index (χ0) is 14.8. The van der Waals surface area contributed by atoms with Crippen LogP contribution in [0.25, 0.3) is 10.4 Å². The van der Waals surface area contributed by atoms with E-state index in [1.807, 2.05) is 57.5 Å². The molecule has 0 radical (unpaired) electrons. The number of nitrogens with zero attached hydrogens (tertiary/aromatic N) is 2. The molecule has 1 atom stereocenters. The number of rotatable bonds is 3. The van der Waals surface area contributed by atoms with Gasteiger partial charge in [-0.25, -0.2) is 9.19 Å². The van der Waals surface area contributed by atoms with Crippen LogP contribution in [0.3, 0.4) is 0 Å². The third-order valence-electron chi connectivity index (χ3n) is 2.74. The number of aromatic nitrogens is 1. The van der Waals surface area contributed by atoms with Crippen LogP contribution >= 0.6 is 11.3 Å². The Hall–Kier alpha value is -1.33. The SMILES string of the molecule is Cc1ncsc1-c1ccc(C=N[S@@](=O)C(C)(C)C)cc1. The first kappa shape index (κ1) is 15.1. The summed E-state index contributed by atoms with van der Waals surface area (Å²) in [5, 5.41) is 0. The zero-order valence-corrected chi connectivity index (χ0v) is 13.7. The lowest BCUT2D eigenvalue weighted by molar-refractivity contribution is 0.651. The molecule has 0 saturated heterocycles. The highest BCUT2D eigenvalue weighted by molar-refractivity contribution is 7.85. The first-order chi connectivity index (χ1) is 9.38. The van der Waals surface area contributed by atoms with Gasteiger partial charge in [-0.1, -0.05) is 24.3 Å². The van der Waals surface area contributed by atoms with E-state index in [1.165, 1.54) is 4.88 Å². The monoisotopic (exact) mass is 306 g/mol. The Balaban J connectivity index is 2.16. The summed E-state index contributed by atoms with van der Waals surface area (Å²) in [5.41, 5.74) is 5.00. The fraction of sp³-hybridized carbons (Fsp3) is 0.333. The van der Waals surface area contributed by atoms with Gasteiger partial charge in [0.2, 0.25) is 0 Å². The second-order valence-electron chi connectivity index (χ2n) is 5.48. The predicted octanol–water partition coefficient (Wildman–Crippen LogP) is 4.00. The van der Waals surface area contributed by atoms with Gasteiger partial charge in [-0.15, -0.1) is 11.3 Å². The summed E-state index contributed by atoms with van der Waals surface area (Å²) in [6.45, 7) is 7.75. The quantitative estimate of drug-likeness (QED) is 0.804. The Morgan fingerprint density at radius 3 is 2.40 bits per heavy atom. The molecule has 0 aliphatic carbocycles. The molecule has 0 spiro atoms. The van der Waals surface area contributed by atoms with Gasteiger partial charge < -0.3 is 0 Å². The average molecular weight is 306 g/mol. The minimum atomic E-state index is -1.21. The van der Waals surface area contributed by atoms with Gasteiger partial charge in [-0.2, -0.15) is 4.40 Å². The Morgan fingerprint density at radius 2 is 1.90 bits per heavy atom. The average Bonchev–Trinajstić information content (AvgIpc) is 2.82. The van der Waals surface area contributed by atoms with Crippen LogP contribution in [0.15, 0.2) is 34.2 Å². The molecular formula is C15H18N2OS2. The summed E-state index contributed by atoms with van der Waals surface area (Å²) in [6, 6.07) is 8.06. The van der Waals surface area contributed by atoms with Crippen molar-refractivity contribution in [2.75, 3.05) is 0 Å². The standard InChI is InChI=1S/C15H18N2OS2/c1-11-14(19-10-16-11)13-7-5-12(6-8-13)9-17-20(18)15(2,3)4/h5-10H,1-4H3/t20-/m0/s1. The smallest absolute Gasteiger partial charge is 0.144 e. The fourth-order valence-electron chi connectivity index (χ4n) is 1.57. The molecule has 3 nitrogen and oxygen atoms in total. The number of hydrogen-bond donors (Lipinski definition) is 0. The minimum Gasteiger partial charge on any atom is -0.249 e. The second-order valence-corrected chi connectivity index (χ2v) is 8.27. The lowest BCUT2D eigenvalue weighted by atomic mass is 10.1. The van der Waals surface area contributed by atoms with E-state index in [-0.39, 0.29) is 4.75 Å². The highest BCUT2D eigenvalue weighted by atomic mass is 32.2. The topological polar surface area (TPSA) is 42.3 Å². The molecule has 0 unspecified atom stereocenters. The number of aryl methyl sites for hydroxylation is 1. The van der Waals surface area contributed by atoms with E-state index in [0.717, 1.165) is 16.8 Å². The second kappa shape index (κ2) is 5.97. The Labute approximate surface area is 126 Å². The molecular weight excluding hydrogens is 288 g/mol. The summed E-state index contributed by atoms with van der Waals surface area (Å²) in [5.74, 6) is 0. The van der Waals surface area contributed by atoms with Gasteiger partial charge >= 0.3 is 0 Å². The summed E-state index contributed by atoms with van der Waals surface area (Å²) < 4.78 is 15.6. The van der Waals surface area contributed by atoms with Gasteiger partial charge in [0.05, 0.1) is 20.8 Å². The fourth-order valence-corrected chi connectivity index (χ4v) is 2.91. The van der Waals surface area contributed by atoms with Gasteiger partial charge in [-0.05, 0) is 38.8 Å².